The van der Waals surface area contributed by atoms with Crippen molar-refractivity contribution < 1.29 is 23.4 Å². The van der Waals surface area contributed by atoms with E-state index in [1.165, 1.54) is 4.46 Å². The summed E-state index contributed by atoms with van der Waals surface area (Å²) in [7, 11) is -2.16. The Labute approximate surface area is 275 Å². The summed E-state index contributed by atoms with van der Waals surface area (Å²) in [6.45, 7) is 10.3. The first-order valence-corrected chi connectivity index (χ1v) is 20.6. The van der Waals surface area contributed by atoms with Crippen LogP contribution in [0.4, 0.5) is 0 Å². The first-order valence-electron chi connectivity index (χ1n) is 15.6. The van der Waals surface area contributed by atoms with Crippen LogP contribution in [0, 0.1) is 0 Å². The number of benzene rings is 4. The molecule has 236 valence electrons. The molecule has 0 amide bonds. The van der Waals surface area contributed by atoms with Gasteiger partial charge in [-0.25, -0.2) is 0 Å². The van der Waals surface area contributed by atoms with E-state index >= 15 is 0 Å². The Balaban J connectivity index is 1.48. The number of hydrogen-bond acceptors (Lipinski definition) is 5. The minimum atomic E-state index is -2.16. The van der Waals surface area contributed by atoms with Crippen molar-refractivity contribution in [3.63, 3.8) is 0 Å². The average Bonchev–Trinajstić information content (AvgIpc) is 3.06. The predicted molar refractivity (Wildman–Crippen MR) is 184 cm³/mol. The van der Waals surface area contributed by atoms with E-state index in [-0.39, 0.29) is 38.3 Å². The van der Waals surface area contributed by atoms with Gasteiger partial charge in [0.1, 0.15) is 0 Å². The molecule has 1 aliphatic rings. The van der Waals surface area contributed by atoms with E-state index in [2.05, 4.69) is 86.4 Å². The van der Waals surface area contributed by atoms with E-state index in [4.69, 9.17) is 23.4 Å². The zero-order chi connectivity index (χ0) is 31.3. The van der Waals surface area contributed by atoms with Crippen LogP contribution in [0.15, 0.2) is 134 Å². The van der Waals surface area contributed by atoms with Crippen LogP contribution in [0.5, 0.6) is 0 Å². The predicted octanol–water partition coefficient (Wildman–Crippen LogP) is 6.90. The van der Waals surface area contributed by atoms with Gasteiger partial charge in [0.2, 0.25) is 0 Å². The van der Waals surface area contributed by atoms with Gasteiger partial charge in [0, 0.05) is 0 Å². The van der Waals surface area contributed by atoms with Crippen molar-refractivity contribution in [2.75, 3.05) is 6.61 Å². The van der Waals surface area contributed by atoms with Crippen molar-refractivity contribution in [3.8, 4) is 0 Å². The Hall–Kier alpha value is -2.84. The first-order chi connectivity index (χ1) is 22.0. The Morgan fingerprint density at radius 2 is 1.16 bits per heavy atom. The number of hydrogen-bond donors (Lipinski definition) is 0. The third-order valence-corrected chi connectivity index (χ3v) is 12.2. The van der Waals surface area contributed by atoms with Gasteiger partial charge >= 0.3 is 277 Å². The maximum absolute atomic E-state index is 7.12. The van der Waals surface area contributed by atoms with Crippen LogP contribution in [-0.4, -0.2) is 59.3 Å². The normalized spacial score (nSPS) is 21.8. The van der Waals surface area contributed by atoms with E-state index < -0.39 is 14.4 Å². The summed E-state index contributed by atoms with van der Waals surface area (Å²) in [5.41, 5.74) is 3.32. The van der Waals surface area contributed by atoms with Crippen LogP contribution in [0.25, 0.3) is 0 Å². The molecule has 7 heteroatoms. The molecule has 0 N–H and O–H groups in total. The van der Waals surface area contributed by atoms with Gasteiger partial charge in [-0.3, -0.25) is 0 Å². The molecule has 1 heterocycles. The van der Waals surface area contributed by atoms with E-state index in [0.717, 1.165) is 22.7 Å². The third kappa shape index (κ3) is 10.3. The van der Waals surface area contributed by atoms with E-state index in [1.807, 2.05) is 60.7 Å². The molecule has 0 aliphatic carbocycles. The molecule has 0 bridgehead atoms. The molecule has 1 aliphatic heterocycles. The van der Waals surface area contributed by atoms with E-state index in [1.54, 1.807) is 0 Å². The second kappa shape index (κ2) is 17.2. The van der Waals surface area contributed by atoms with Gasteiger partial charge in [-0.15, -0.1) is 0 Å². The van der Waals surface area contributed by atoms with Crippen LogP contribution in [0.2, 0.25) is 19.1 Å². The average molecular weight is 688 g/mol. The fraction of sp³-hybridized carbons (Fsp3) is 0.316. The first kappa shape index (κ1) is 33.5. The summed E-state index contributed by atoms with van der Waals surface area (Å²) in [5, 5.41) is -0.195. The quantitative estimate of drug-likeness (QED) is 0.0948. The molecule has 0 spiro atoms. The van der Waals surface area contributed by atoms with E-state index in [9.17, 15) is 0 Å². The topological polar surface area (TPSA) is 46.2 Å². The molecule has 1 fully saturated rings. The van der Waals surface area contributed by atoms with Crippen LogP contribution < -0.4 is 4.46 Å². The van der Waals surface area contributed by atoms with Crippen molar-refractivity contribution in [1.82, 2.24) is 0 Å². The third-order valence-electron chi connectivity index (χ3n) is 7.64. The van der Waals surface area contributed by atoms with Crippen LogP contribution in [0.1, 0.15) is 16.7 Å². The molecule has 5 atom stereocenters. The van der Waals surface area contributed by atoms with Gasteiger partial charge in [0.15, 0.2) is 0 Å². The molecular formula is C38H44O5SeSi. The van der Waals surface area contributed by atoms with Crippen LogP contribution in [-0.2, 0) is 43.2 Å². The summed E-state index contributed by atoms with van der Waals surface area (Å²) in [6, 6.07) is 42.2. The zero-order valence-electron chi connectivity index (χ0n) is 26.2. The standard InChI is InChI=1S/C38H44O5SeSi/c1-4-25-45(2,3)43-37-36(41-28-32-21-13-7-14-22-32)35(40-27-31-19-11-6-12-20-31)34(29-39-26-30-17-9-5-10-18-30)42-38(37)44-33-23-15-8-16-24-33/h4-24,34-38H,1,25-29H2,2-3H3/t34-,35-,36+,37-,38+/m1/s1. The minimum absolute atomic E-state index is 0.0407. The summed E-state index contributed by atoms with van der Waals surface area (Å²) < 4.78 is 35.4. The summed E-state index contributed by atoms with van der Waals surface area (Å²) >= 11 is -0.0407. The zero-order valence-corrected chi connectivity index (χ0v) is 28.9. The van der Waals surface area contributed by atoms with Crippen molar-refractivity contribution in [2.24, 2.45) is 0 Å². The molecule has 1 saturated heterocycles. The summed E-state index contributed by atoms with van der Waals surface area (Å²) in [4.78, 5) is 0. The summed E-state index contributed by atoms with van der Waals surface area (Å²) in [5.74, 6) is 0. The Morgan fingerprint density at radius 1 is 0.667 bits per heavy atom. The molecule has 0 unspecified atom stereocenters. The Kier molecular flexibility index (Phi) is 12.8. The second-order valence-corrected chi connectivity index (χ2v) is 18.5. The second-order valence-electron chi connectivity index (χ2n) is 11.8. The van der Waals surface area contributed by atoms with E-state index in [0.29, 0.717) is 26.4 Å². The van der Waals surface area contributed by atoms with Crippen LogP contribution in [0.3, 0.4) is 0 Å². The fourth-order valence-electron chi connectivity index (χ4n) is 5.42. The van der Waals surface area contributed by atoms with Gasteiger partial charge in [-0.1, -0.05) is 0 Å². The van der Waals surface area contributed by atoms with Crippen molar-refractivity contribution in [3.05, 3.63) is 151 Å². The molecule has 4 aromatic rings. The van der Waals surface area contributed by atoms with Gasteiger partial charge in [0.05, 0.1) is 0 Å². The SMILES string of the molecule is C=CC[Si](C)(C)O[C@@H]1[C@@H](OCc2ccccc2)[C@H](OCc2ccccc2)[C@@H](COCc2ccccc2)O[C@H]1[Se]c1ccccc1. The molecule has 45 heavy (non-hydrogen) atoms. The summed E-state index contributed by atoms with van der Waals surface area (Å²) in [6.07, 6.45) is 0.516. The molecule has 5 rings (SSSR count). The molecule has 0 saturated carbocycles. The maximum atomic E-state index is 7.12. The number of rotatable bonds is 16. The van der Waals surface area contributed by atoms with Gasteiger partial charge in [-0.2, -0.15) is 0 Å². The fourth-order valence-corrected chi connectivity index (χ4v) is 9.79. The molecule has 5 nitrogen and oxygen atoms in total. The Morgan fingerprint density at radius 3 is 1.69 bits per heavy atom. The molecule has 0 aromatic heterocycles. The van der Waals surface area contributed by atoms with Crippen molar-refractivity contribution in [1.29, 1.82) is 0 Å². The van der Waals surface area contributed by atoms with Crippen molar-refractivity contribution >= 4 is 27.7 Å². The molecule has 0 radical (unpaired) electrons. The number of allylic oxidation sites excluding steroid dienone is 1. The molecule has 4 aromatic carbocycles. The van der Waals surface area contributed by atoms with Gasteiger partial charge in [0.25, 0.3) is 0 Å². The van der Waals surface area contributed by atoms with Gasteiger partial charge in [-0.05, 0) is 0 Å². The monoisotopic (exact) mass is 688 g/mol. The Bertz CT molecular complexity index is 1410. The van der Waals surface area contributed by atoms with Crippen LogP contribution >= 0.6 is 0 Å². The van der Waals surface area contributed by atoms with Gasteiger partial charge < -0.3 is 0 Å². The number of ether oxygens (including phenoxy) is 4. The van der Waals surface area contributed by atoms with Crippen molar-refractivity contribution in [2.45, 2.75) is 68.4 Å². The molecular weight excluding hydrogens is 643 g/mol.